The molecule has 190 valence electrons. The van der Waals surface area contributed by atoms with Crippen molar-refractivity contribution in [2.24, 2.45) is 5.92 Å². The van der Waals surface area contributed by atoms with Gasteiger partial charge in [0.1, 0.15) is 24.2 Å². The zero-order valence-corrected chi connectivity index (χ0v) is 20.7. The van der Waals surface area contributed by atoms with Gasteiger partial charge in [-0.3, -0.25) is 14.4 Å². The molecule has 2 rings (SSSR count). The Morgan fingerprint density at radius 1 is 1.23 bits per heavy atom. The lowest BCUT2D eigenvalue weighted by Gasteiger charge is -2.34. The Morgan fingerprint density at radius 2 is 1.83 bits per heavy atom. The summed E-state index contributed by atoms with van der Waals surface area (Å²) < 4.78 is 9.80. The van der Waals surface area contributed by atoms with Gasteiger partial charge in [-0.2, -0.15) is 0 Å². The highest BCUT2D eigenvalue weighted by atomic mass is 16.6. The van der Waals surface area contributed by atoms with Crippen LogP contribution in [0.1, 0.15) is 51.3 Å². The number of nitrogens with zero attached hydrogens (tertiary/aromatic N) is 1. The Kier molecular flexibility index (Phi) is 9.25. The van der Waals surface area contributed by atoms with Crippen molar-refractivity contribution in [3.05, 3.63) is 35.4 Å². The minimum Gasteiger partial charge on any atom is -0.468 e. The average molecular weight is 488 g/mol. The number of terminal acetylenes is 1. The predicted molar refractivity (Wildman–Crippen MR) is 127 cm³/mol. The highest BCUT2D eigenvalue weighted by molar-refractivity contribution is 5.93. The fraction of sp³-hybridized carbons (Fsp3) is 0.520. The highest BCUT2D eigenvalue weighted by Gasteiger charge is 2.48. The molecule has 1 aliphatic rings. The van der Waals surface area contributed by atoms with Crippen LogP contribution in [0.2, 0.25) is 0 Å². The van der Waals surface area contributed by atoms with Crippen LogP contribution in [0, 0.1) is 18.3 Å². The molecule has 4 unspecified atom stereocenters. The second kappa shape index (κ2) is 11.7. The largest absolute Gasteiger partial charge is 0.468 e. The summed E-state index contributed by atoms with van der Waals surface area (Å²) in [5.74, 6) is 0.643. The van der Waals surface area contributed by atoms with Gasteiger partial charge in [-0.15, -0.1) is 6.42 Å². The van der Waals surface area contributed by atoms with Gasteiger partial charge in [0, 0.05) is 11.6 Å². The first-order valence-corrected chi connectivity index (χ1v) is 11.3. The fourth-order valence-electron chi connectivity index (χ4n) is 3.52. The lowest BCUT2D eigenvalue weighted by atomic mass is 10.0. The Morgan fingerprint density at radius 3 is 2.29 bits per heavy atom. The topological polar surface area (TPSA) is 134 Å². The molecule has 10 heteroatoms. The maximum Gasteiger partial charge on any atom is 0.408 e. The number of methoxy groups -OCH3 is 1. The highest BCUT2D eigenvalue weighted by Crippen LogP contribution is 2.40. The number of benzene rings is 1. The van der Waals surface area contributed by atoms with E-state index >= 15 is 0 Å². The molecule has 0 aliphatic heterocycles. The van der Waals surface area contributed by atoms with Gasteiger partial charge < -0.3 is 30.1 Å². The van der Waals surface area contributed by atoms with E-state index < -0.39 is 54.7 Å². The molecule has 0 heterocycles. The standard InChI is InChI=1S/C25H33N3O7/c1-7-16-8-10-17(11-9-16)21(22(31)26-13-20(30)34-6)28(19-12-15(19)2)23(32)18(14-29)27-24(33)35-25(3,4)5/h1,8-11,15,18-19,21,29H,12-14H2,2-6H3,(H,26,31)(H,27,33). The van der Waals surface area contributed by atoms with Crippen LogP contribution in [0.3, 0.4) is 0 Å². The van der Waals surface area contributed by atoms with Gasteiger partial charge in [0.15, 0.2) is 0 Å². The molecule has 0 aromatic heterocycles. The number of hydrogen-bond donors (Lipinski definition) is 3. The van der Waals surface area contributed by atoms with Gasteiger partial charge in [0.05, 0.1) is 13.7 Å². The monoisotopic (exact) mass is 487 g/mol. The molecular weight excluding hydrogens is 454 g/mol. The summed E-state index contributed by atoms with van der Waals surface area (Å²) in [4.78, 5) is 52.2. The van der Waals surface area contributed by atoms with Crippen molar-refractivity contribution in [3.63, 3.8) is 0 Å². The van der Waals surface area contributed by atoms with Crippen LogP contribution in [-0.4, -0.2) is 71.8 Å². The van der Waals surface area contributed by atoms with Gasteiger partial charge >= 0.3 is 12.1 Å². The van der Waals surface area contributed by atoms with E-state index in [0.29, 0.717) is 17.5 Å². The van der Waals surface area contributed by atoms with E-state index in [0.717, 1.165) is 0 Å². The number of rotatable bonds is 9. The van der Waals surface area contributed by atoms with Crippen molar-refractivity contribution in [2.45, 2.75) is 57.8 Å². The average Bonchev–Trinajstić information content (AvgIpc) is 3.53. The molecule has 0 bridgehead atoms. The van der Waals surface area contributed by atoms with Gasteiger partial charge in [-0.05, 0) is 50.8 Å². The first kappa shape index (κ1) is 27.7. The van der Waals surface area contributed by atoms with Crippen LogP contribution >= 0.6 is 0 Å². The zero-order chi connectivity index (χ0) is 26.3. The van der Waals surface area contributed by atoms with E-state index in [1.165, 1.54) is 12.0 Å². The molecule has 35 heavy (non-hydrogen) atoms. The number of amides is 3. The summed E-state index contributed by atoms with van der Waals surface area (Å²) in [5, 5.41) is 14.8. The van der Waals surface area contributed by atoms with E-state index in [1.807, 2.05) is 6.92 Å². The molecule has 0 radical (unpaired) electrons. The third-order valence-electron chi connectivity index (χ3n) is 5.40. The number of hydrogen-bond acceptors (Lipinski definition) is 7. The van der Waals surface area contributed by atoms with Gasteiger partial charge in [-0.25, -0.2) is 4.79 Å². The molecular formula is C25H33N3O7. The number of alkyl carbamates (subject to hydrolysis) is 1. The maximum atomic E-state index is 13.6. The number of aliphatic hydroxyl groups excluding tert-OH is 1. The zero-order valence-electron chi connectivity index (χ0n) is 20.7. The van der Waals surface area contributed by atoms with Crippen LogP contribution in [0.25, 0.3) is 0 Å². The van der Waals surface area contributed by atoms with Crippen molar-refractivity contribution in [3.8, 4) is 12.3 Å². The Hall–Kier alpha value is -3.58. The fourth-order valence-corrected chi connectivity index (χ4v) is 3.52. The normalized spacial score (nSPS) is 18.3. The molecule has 10 nitrogen and oxygen atoms in total. The minimum atomic E-state index is -1.35. The van der Waals surface area contributed by atoms with Crippen LogP contribution in [-0.2, 0) is 23.9 Å². The molecule has 1 saturated carbocycles. The SMILES string of the molecule is C#Cc1ccc(C(C(=O)NCC(=O)OC)N(C(=O)C(CO)NC(=O)OC(C)(C)C)C2CC2C)cc1. The summed E-state index contributed by atoms with van der Waals surface area (Å²) in [6.45, 7) is 5.83. The van der Waals surface area contributed by atoms with Crippen molar-refractivity contribution in [2.75, 3.05) is 20.3 Å². The second-order valence-corrected chi connectivity index (χ2v) is 9.37. The molecule has 1 aliphatic carbocycles. The predicted octanol–water partition coefficient (Wildman–Crippen LogP) is 1.12. The molecule has 3 N–H and O–H groups in total. The van der Waals surface area contributed by atoms with E-state index in [-0.39, 0.29) is 12.0 Å². The van der Waals surface area contributed by atoms with Crippen molar-refractivity contribution in [1.82, 2.24) is 15.5 Å². The Labute approximate surface area is 205 Å². The van der Waals surface area contributed by atoms with Gasteiger partial charge in [-0.1, -0.05) is 25.0 Å². The summed E-state index contributed by atoms with van der Waals surface area (Å²) in [7, 11) is 1.19. The first-order valence-electron chi connectivity index (χ1n) is 11.3. The summed E-state index contributed by atoms with van der Waals surface area (Å²) >= 11 is 0. The lowest BCUT2D eigenvalue weighted by molar-refractivity contribution is -0.145. The third-order valence-corrected chi connectivity index (χ3v) is 5.40. The third kappa shape index (κ3) is 7.72. The number of carbonyl (C=O) groups is 4. The van der Waals surface area contributed by atoms with Crippen molar-refractivity contribution in [1.29, 1.82) is 0 Å². The van der Waals surface area contributed by atoms with Crippen molar-refractivity contribution >= 4 is 23.9 Å². The molecule has 3 amide bonds. The van der Waals surface area contributed by atoms with Crippen LogP contribution < -0.4 is 10.6 Å². The Balaban J connectivity index is 2.42. The maximum absolute atomic E-state index is 13.6. The summed E-state index contributed by atoms with van der Waals surface area (Å²) in [6.07, 6.45) is 5.19. The van der Waals surface area contributed by atoms with Gasteiger partial charge in [0.25, 0.3) is 0 Å². The van der Waals surface area contributed by atoms with Crippen molar-refractivity contribution < 1.29 is 33.8 Å². The van der Waals surface area contributed by atoms with Crippen LogP contribution in [0.4, 0.5) is 4.79 Å². The van der Waals surface area contributed by atoms with Gasteiger partial charge in [0.2, 0.25) is 11.8 Å². The van der Waals surface area contributed by atoms with E-state index in [4.69, 9.17) is 11.2 Å². The van der Waals surface area contributed by atoms with E-state index in [9.17, 15) is 24.3 Å². The number of esters is 1. The number of aliphatic hydroxyl groups is 1. The quantitative estimate of drug-likeness (QED) is 0.351. The summed E-state index contributed by atoms with van der Waals surface area (Å²) in [5.41, 5.74) is 0.222. The molecule has 4 atom stereocenters. The molecule has 0 saturated heterocycles. The molecule has 1 aromatic carbocycles. The number of nitrogens with one attached hydrogen (secondary N) is 2. The smallest absolute Gasteiger partial charge is 0.408 e. The number of ether oxygens (including phenoxy) is 2. The Bertz CT molecular complexity index is 978. The minimum absolute atomic E-state index is 0.0840. The lowest BCUT2D eigenvalue weighted by Crippen LogP contribution is -2.55. The first-order chi connectivity index (χ1) is 16.4. The number of carbonyl (C=O) groups excluding carboxylic acids is 4. The van der Waals surface area contributed by atoms with E-state index in [2.05, 4.69) is 21.3 Å². The van der Waals surface area contributed by atoms with Crippen LogP contribution in [0.5, 0.6) is 0 Å². The summed E-state index contributed by atoms with van der Waals surface area (Å²) in [6, 6.07) is 3.70. The molecule has 0 spiro atoms. The van der Waals surface area contributed by atoms with E-state index in [1.54, 1.807) is 45.0 Å². The molecule has 1 aromatic rings. The van der Waals surface area contributed by atoms with Crippen LogP contribution in [0.15, 0.2) is 24.3 Å². The molecule has 1 fully saturated rings. The second-order valence-electron chi connectivity index (χ2n) is 9.37.